The van der Waals surface area contributed by atoms with Crippen molar-refractivity contribution in [3.63, 3.8) is 0 Å². The van der Waals surface area contributed by atoms with Gasteiger partial charge in [0.15, 0.2) is 0 Å². The highest BCUT2D eigenvalue weighted by Crippen LogP contribution is 2.25. The molecule has 4 rings (SSSR count). The molecule has 1 aromatic heterocycles. The van der Waals surface area contributed by atoms with Crippen LogP contribution in [0.15, 0.2) is 35.7 Å². The van der Waals surface area contributed by atoms with E-state index in [4.69, 9.17) is 4.74 Å². The Morgan fingerprint density at radius 2 is 1.93 bits per heavy atom. The molecule has 30 heavy (non-hydrogen) atoms. The molecule has 1 aliphatic heterocycles. The average Bonchev–Trinajstić information content (AvgIpc) is 3.14. The number of amides is 2. The first-order chi connectivity index (χ1) is 14.6. The Hall–Kier alpha value is -2.25. The number of carbonyl (C=O) groups is 2. The number of carbonyl (C=O) groups excluding carboxylic acids is 2. The summed E-state index contributed by atoms with van der Waals surface area (Å²) in [6.07, 6.45) is 5.41. The molecule has 2 amide bonds. The Kier molecular flexibility index (Phi) is 6.79. The number of ether oxygens (including phenoxy) is 1. The fraction of sp³-hybridized carbons (Fsp3) is 0.522. The average molecular weight is 428 g/mol. The summed E-state index contributed by atoms with van der Waals surface area (Å²) in [7, 11) is 0. The van der Waals surface area contributed by atoms with Crippen molar-refractivity contribution in [1.82, 2.24) is 14.8 Å². The van der Waals surface area contributed by atoms with Gasteiger partial charge in [-0.1, -0.05) is 49.6 Å². The Labute approximate surface area is 181 Å². The third kappa shape index (κ3) is 5.08. The Morgan fingerprint density at radius 3 is 2.63 bits per heavy atom. The number of benzene rings is 1. The predicted octanol–water partition coefficient (Wildman–Crippen LogP) is 3.65. The highest BCUT2D eigenvalue weighted by atomic mass is 32.1. The molecule has 2 aromatic rings. The monoisotopic (exact) mass is 427 g/mol. The van der Waals surface area contributed by atoms with Gasteiger partial charge in [0.25, 0.3) is 5.91 Å². The highest BCUT2D eigenvalue weighted by Gasteiger charge is 2.35. The zero-order valence-corrected chi connectivity index (χ0v) is 18.3. The van der Waals surface area contributed by atoms with Crippen molar-refractivity contribution >= 4 is 23.2 Å². The Bertz CT molecular complexity index is 864. The van der Waals surface area contributed by atoms with E-state index < -0.39 is 0 Å². The minimum atomic E-state index is -0.220. The van der Waals surface area contributed by atoms with Crippen molar-refractivity contribution in [2.24, 2.45) is 0 Å². The second-order valence-electron chi connectivity index (χ2n) is 8.19. The van der Waals surface area contributed by atoms with Crippen LogP contribution in [0, 0.1) is 6.92 Å². The second-order valence-corrected chi connectivity index (χ2v) is 9.26. The maximum absolute atomic E-state index is 13.1. The van der Waals surface area contributed by atoms with Crippen LogP contribution in [0.1, 0.15) is 53.2 Å². The number of nitrogens with zero attached hydrogens (tertiary/aromatic N) is 3. The van der Waals surface area contributed by atoms with Crippen LogP contribution in [-0.2, 0) is 16.1 Å². The second kappa shape index (κ2) is 9.71. The van der Waals surface area contributed by atoms with E-state index in [-0.39, 0.29) is 30.5 Å². The van der Waals surface area contributed by atoms with Gasteiger partial charge in [0.1, 0.15) is 12.2 Å². The fourth-order valence-corrected chi connectivity index (χ4v) is 4.95. The summed E-state index contributed by atoms with van der Waals surface area (Å²) >= 11 is 1.45. The maximum Gasteiger partial charge on any atom is 0.273 e. The first-order valence-corrected chi connectivity index (χ1v) is 11.6. The number of hydrogen-bond acceptors (Lipinski definition) is 5. The molecule has 1 atom stereocenters. The van der Waals surface area contributed by atoms with E-state index in [9.17, 15) is 9.59 Å². The molecule has 0 radical (unpaired) electrons. The Morgan fingerprint density at radius 1 is 1.17 bits per heavy atom. The van der Waals surface area contributed by atoms with Gasteiger partial charge in [-0.3, -0.25) is 9.59 Å². The molecule has 1 aromatic carbocycles. The van der Waals surface area contributed by atoms with Crippen LogP contribution in [0.2, 0.25) is 0 Å². The van der Waals surface area contributed by atoms with Crippen LogP contribution >= 0.6 is 11.3 Å². The molecule has 2 aliphatic rings. The molecular weight excluding hydrogens is 398 g/mol. The van der Waals surface area contributed by atoms with Gasteiger partial charge in [-0.25, -0.2) is 4.98 Å². The minimum absolute atomic E-state index is 0.0213. The zero-order valence-electron chi connectivity index (χ0n) is 17.5. The van der Waals surface area contributed by atoms with Crippen LogP contribution in [0.5, 0.6) is 0 Å². The lowest BCUT2D eigenvalue weighted by Gasteiger charge is -2.34. The lowest BCUT2D eigenvalue weighted by atomic mass is 9.94. The molecule has 2 fully saturated rings. The number of aryl methyl sites for hydroxylation is 1. The van der Waals surface area contributed by atoms with Crippen LogP contribution < -0.4 is 0 Å². The first-order valence-electron chi connectivity index (χ1n) is 10.8. The summed E-state index contributed by atoms with van der Waals surface area (Å²) in [5.41, 5.74) is 1.50. The van der Waals surface area contributed by atoms with Crippen molar-refractivity contribution in [3.05, 3.63) is 52.0 Å². The minimum Gasteiger partial charge on any atom is -0.370 e. The molecule has 0 N–H and O–H groups in total. The van der Waals surface area contributed by atoms with E-state index in [0.717, 1.165) is 36.3 Å². The van der Waals surface area contributed by atoms with Gasteiger partial charge >= 0.3 is 0 Å². The van der Waals surface area contributed by atoms with Gasteiger partial charge in [0.05, 0.1) is 17.7 Å². The number of rotatable bonds is 5. The normalized spacial score (nSPS) is 21.0. The van der Waals surface area contributed by atoms with Crippen LogP contribution in [0.4, 0.5) is 0 Å². The van der Waals surface area contributed by atoms with Gasteiger partial charge in [-0.15, -0.1) is 11.3 Å². The lowest BCUT2D eigenvalue weighted by Crippen LogP contribution is -2.46. The Balaban J connectivity index is 1.52. The molecule has 160 valence electrons. The van der Waals surface area contributed by atoms with Crippen LogP contribution in [0.25, 0.3) is 0 Å². The zero-order chi connectivity index (χ0) is 20.9. The smallest absolute Gasteiger partial charge is 0.273 e. The summed E-state index contributed by atoms with van der Waals surface area (Å²) in [4.78, 5) is 34.1. The SMILES string of the molecule is Cc1nc(C(=O)N2CC(=O)N(C3CCCCC3)C[C@@H](OCc3ccccc3)C2)cs1. The van der Waals surface area contributed by atoms with E-state index in [1.807, 2.05) is 42.2 Å². The number of hydrogen-bond donors (Lipinski definition) is 0. The molecule has 1 saturated heterocycles. The third-order valence-corrected chi connectivity index (χ3v) is 6.71. The van der Waals surface area contributed by atoms with E-state index in [0.29, 0.717) is 25.4 Å². The van der Waals surface area contributed by atoms with Crippen molar-refractivity contribution in [2.75, 3.05) is 19.6 Å². The number of aromatic nitrogens is 1. The summed E-state index contributed by atoms with van der Waals surface area (Å²) in [6, 6.07) is 10.3. The topological polar surface area (TPSA) is 62.7 Å². The molecule has 1 saturated carbocycles. The van der Waals surface area contributed by atoms with Gasteiger partial charge < -0.3 is 14.5 Å². The lowest BCUT2D eigenvalue weighted by molar-refractivity contribution is -0.134. The highest BCUT2D eigenvalue weighted by molar-refractivity contribution is 7.09. The maximum atomic E-state index is 13.1. The predicted molar refractivity (Wildman–Crippen MR) is 116 cm³/mol. The summed E-state index contributed by atoms with van der Waals surface area (Å²) in [5.74, 6) is -0.167. The van der Waals surface area contributed by atoms with Gasteiger partial charge in [-0.2, -0.15) is 0 Å². The quantitative estimate of drug-likeness (QED) is 0.731. The van der Waals surface area contributed by atoms with Gasteiger partial charge in [0, 0.05) is 24.5 Å². The summed E-state index contributed by atoms with van der Waals surface area (Å²) in [5, 5.41) is 2.62. The first kappa shape index (κ1) is 21.0. The fourth-order valence-electron chi connectivity index (χ4n) is 4.36. The molecule has 1 aliphatic carbocycles. The molecule has 0 unspecified atom stereocenters. The van der Waals surface area contributed by atoms with E-state index >= 15 is 0 Å². The summed E-state index contributed by atoms with van der Waals surface area (Å²) < 4.78 is 6.23. The molecule has 7 heteroatoms. The number of thiazole rings is 1. The molecule has 0 bridgehead atoms. The molecular formula is C23H29N3O3S. The van der Waals surface area contributed by atoms with E-state index in [1.165, 1.54) is 17.8 Å². The van der Waals surface area contributed by atoms with Crippen LogP contribution in [-0.4, -0.2) is 58.4 Å². The standard InChI is InChI=1S/C23H29N3O3S/c1-17-24-21(16-30-17)23(28)25-12-20(29-15-18-8-4-2-5-9-18)13-26(22(27)14-25)19-10-6-3-7-11-19/h2,4-5,8-9,16,19-20H,3,6-7,10-15H2,1H3/t20-/m0/s1. The van der Waals surface area contributed by atoms with Gasteiger partial charge in [-0.05, 0) is 25.3 Å². The molecule has 2 heterocycles. The largest absolute Gasteiger partial charge is 0.370 e. The third-order valence-electron chi connectivity index (χ3n) is 5.94. The van der Waals surface area contributed by atoms with Crippen molar-refractivity contribution < 1.29 is 14.3 Å². The van der Waals surface area contributed by atoms with Crippen molar-refractivity contribution in [3.8, 4) is 0 Å². The van der Waals surface area contributed by atoms with Gasteiger partial charge in [0.2, 0.25) is 5.91 Å². The van der Waals surface area contributed by atoms with Crippen LogP contribution in [0.3, 0.4) is 0 Å². The van der Waals surface area contributed by atoms with Crippen molar-refractivity contribution in [2.45, 2.75) is 57.8 Å². The van der Waals surface area contributed by atoms with E-state index in [1.54, 1.807) is 10.3 Å². The van der Waals surface area contributed by atoms with E-state index in [2.05, 4.69) is 4.98 Å². The summed E-state index contributed by atoms with van der Waals surface area (Å²) in [6.45, 7) is 3.38. The van der Waals surface area contributed by atoms with Crippen molar-refractivity contribution in [1.29, 1.82) is 0 Å². The molecule has 0 spiro atoms. The molecule has 6 nitrogen and oxygen atoms in total.